The van der Waals surface area contributed by atoms with Crippen LogP contribution >= 0.6 is 11.8 Å². The predicted molar refractivity (Wildman–Crippen MR) is 86.6 cm³/mol. The Morgan fingerprint density at radius 3 is 2.59 bits per heavy atom. The van der Waals surface area contributed by atoms with Crippen LogP contribution in [0.15, 0.2) is 11.1 Å². The molecule has 8 heteroatoms. The third-order valence-corrected chi connectivity index (χ3v) is 3.82. The smallest absolute Gasteiger partial charge is 0.229 e. The molecule has 7 nitrogen and oxygen atoms in total. The topological polar surface area (TPSA) is 105 Å². The fourth-order valence-corrected chi connectivity index (χ4v) is 2.82. The van der Waals surface area contributed by atoms with E-state index < -0.39 is 0 Å². The standard InChI is InChI=1S/C14H17N7S/c1-8-5-9(2)17-12(10(8)6-15)22-7-11-18-13(16)20-14(19-11)21(3)4/h5H,7H2,1-4H3,(H2,16,18,19,20). The monoisotopic (exact) mass is 315 g/mol. The first-order valence-corrected chi connectivity index (χ1v) is 7.58. The second-order valence-electron chi connectivity index (χ2n) is 4.97. The van der Waals surface area contributed by atoms with Crippen LogP contribution in [0, 0.1) is 25.2 Å². The number of aryl methyl sites for hydroxylation is 2. The van der Waals surface area contributed by atoms with Crippen LogP contribution in [0.3, 0.4) is 0 Å². The lowest BCUT2D eigenvalue weighted by molar-refractivity contribution is 0.917. The van der Waals surface area contributed by atoms with Gasteiger partial charge in [-0.2, -0.15) is 20.2 Å². The lowest BCUT2D eigenvalue weighted by Crippen LogP contribution is -2.16. The summed E-state index contributed by atoms with van der Waals surface area (Å²) in [6.45, 7) is 3.81. The Labute approximate surface area is 133 Å². The molecule has 0 bridgehead atoms. The van der Waals surface area contributed by atoms with E-state index in [0.29, 0.717) is 28.1 Å². The summed E-state index contributed by atoms with van der Waals surface area (Å²) in [6, 6.07) is 4.10. The molecular formula is C14H17N7S. The van der Waals surface area contributed by atoms with Crippen molar-refractivity contribution >= 4 is 23.7 Å². The van der Waals surface area contributed by atoms with Crippen LogP contribution in [0.1, 0.15) is 22.6 Å². The van der Waals surface area contributed by atoms with Crippen LogP contribution in [0.2, 0.25) is 0 Å². The van der Waals surface area contributed by atoms with Gasteiger partial charge in [0.15, 0.2) is 0 Å². The third-order valence-electron chi connectivity index (χ3n) is 2.85. The predicted octanol–water partition coefficient (Wildman–Crippen LogP) is 1.70. The van der Waals surface area contributed by atoms with Gasteiger partial charge in [-0.1, -0.05) is 11.8 Å². The molecule has 0 amide bonds. The van der Waals surface area contributed by atoms with E-state index in [1.807, 2.05) is 34.0 Å². The molecule has 0 saturated carbocycles. The van der Waals surface area contributed by atoms with Crippen molar-refractivity contribution in [3.05, 3.63) is 28.7 Å². The summed E-state index contributed by atoms with van der Waals surface area (Å²) >= 11 is 1.42. The molecule has 0 spiro atoms. The van der Waals surface area contributed by atoms with Gasteiger partial charge in [0.2, 0.25) is 11.9 Å². The molecule has 2 N–H and O–H groups in total. The highest BCUT2D eigenvalue weighted by Crippen LogP contribution is 2.26. The zero-order chi connectivity index (χ0) is 16.3. The Morgan fingerprint density at radius 2 is 1.95 bits per heavy atom. The van der Waals surface area contributed by atoms with Gasteiger partial charge in [0.1, 0.15) is 16.9 Å². The second-order valence-corrected chi connectivity index (χ2v) is 5.93. The SMILES string of the molecule is Cc1cc(C)c(C#N)c(SCc2nc(N)nc(N(C)C)n2)n1. The lowest BCUT2D eigenvalue weighted by Gasteiger charge is -2.11. The van der Waals surface area contributed by atoms with Gasteiger partial charge in [-0.25, -0.2) is 4.98 Å². The first-order valence-electron chi connectivity index (χ1n) is 6.59. The summed E-state index contributed by atoms with van der Waals surface area (Å²) in [4.78, 5) is 18.7. The highest BCUT2D eigenvalue weighted by atomic mass is 32.2. The van der Waals surface area contributed by atoms with Crippen LogP contribution in [0.5, 0.6) is 0 Å². The molecule has 0 saturated heterocycles. The fraction of sp³-hybridized carbons (Fsp3) is 0.357. The molecule has 0 fully saturated rings. The van der Waals surface area contributed by atoms with Crippen LogP contribution in [-0.4, -0.2) is 34.0 Å². The van der Waals surface area contributed by atoms with E-state index in [4.69, 9.17) is 5.73 Å². The Bertz CT molecular complexity index is 737. The summed E-state index contributed by atoms with van der Waals surface area (Å²) < 4.78 is 0. The molecule has 0 unspecified atom stereocenters. The normalized spacial score (nSPS) is 10.3. The number of anilines is 2. The minimum Gasteiger partial charge on any atom is -0.368 e. The zero-order valence-electron chi connectivity index (χ0n) is 13.0. The number of nitrogen functional groups attached to an aromatic ring is 1. The fourth-order valence-electron chi connectivity index (χ4n) is 1.87. The maximum Gasteiger partial charge on any atom is 0.229 e. The van der Waals surface area contributed by atoms with Gasteiger partial charge in [-0.15, -0.1) is 0 Å². The van der Waals surface area contributed by atoms with Crippen LogP contribution < -0.4 is 10.6 Å². The first-order chi connectivity index (χ1) is 10.4. The van der Waals surface area contributed by atoms with Gasteiger partial charge in [-0.05, 0) is 25.5 Å². The van der Waals surface area contributed by atoms with Crippen LogP contribution in [-0.2, 0) is 5.75 Å². The maximum atomic E-state index is 9.28. The summed E-state index contributed by atoms with van der Waals surface area (Å²) in [5.74, 6) is 1.73. The van der Waals surface area contributed by atoms with Crippen molar-refractivity contribution in [3.8, 4) is 6.07 Å². The van der Waals surface area contributed by atoms with Crippen molar-refractivity contribution in [2.75, 3.05) is 24.7 Å². The number of hydrogen-bond donors (Lipinski definition) is 1. The van der Waals surface area contributed by atoms with Crippen molar-refractivity contribution in [1.29, 1.82) is 5.26 Å². The Balaban J connectivity index is 2.26. The number of thioether (sulfide) groups is 1. The molecule has 114 valence electrons. The highest BCUT2D eigenvalue weighted by molar-refractivity contribution is 7.98. The summed E-state index contributed by atoms with van der Waals surface area (Å²) in [5, 5.41) is 9.96. The maximum absolute atomic E-state index is 9.28. The number of rotatable bonds is 4. The molecule has 0 radical (unpaired) electrons. The van der Waals surface area contributed by atoms with E-state index >= 15 is 0 Å². The number of nitrogens with two attached hydrogens (primary N) is 1. The molecule has 0 aromatic carbocycles. The van der Waals surface area contributed by atoms with Gasteiger partial charge >= 0.3 is 0 Å². The molecule has 0 aliphatic rings. The van der Waals surface area contributed by atoms with E-state index in [-0.39, 0.29) is 5.95 Å². The number of hydrogen-bond acceptors (Lipinski definition) is 8. The highest BCUT2D eigenvalue weighted by Gasteiger charge is 2.12. The summed E-state index contributed by atoms with van der Waals surface area (Å²) in [5.41, 5.74) is 8.09. The number of pyridine rings is 1. The molecular weight excluding hydrogens is 298 g/mol. The summed E-state index contributed by atoms with van der Waals surface area (Å²) in [6.07, 6.45) is 0. The van der Waals surface area contributed by atoms with E-state index in [2.05, 4.69) is 26.0 Å². The zero-order valence-corrected chi connectivity index (χ0v) is 13.8. The Morgan fingerprint density at radius 1 is 1.23 bits per heavy atom. The van der Waals surface area contributed by atoms with E-state index in [0.717, 1.165) is 11.3 Å². The molecule has 2 rings (SSSR count). The molecule has 0 aliphatic carbocycles. The molecule has 2 aromatic heterocycles. The van der Waals surface area contributed by atoms with Gasteiger partial charge in [0.25, 0.3) is 0 Å². The summed E-state index contributed by atoms with van der Waals surface area (Å²) in [7, 11) is 3.68. The van der Waals surface area contributed by atoms with E-state index in [1.165, 1.54) is 11.8 Å². The molecule has 0 atom stereocenters. The van der Waals surface area contributed by atoms with E-state index in [9.17, 15) is 5.26 Å². The van der Waals surface area contributed by atoms with Crippen molar-refractivity contribution in [2.45, 2.75) is 24.6 Å². The molecule has 2 heterocycles. The lowest BCUT2D eigenvalue weighted by atomic mass is 10.1. The first kappa shape index (κ1) is 16.0. The number of nitriles is 1. The average Bonchev–Trinajstić information content (AvgIpc) is 2.44. The van der Waals surface area contributed by atoms with Crippen LogP contribution in [0.4, 0.5) is 11.9 Å². The Kier molecular flexibility index (Phi) is 4.78. The van der Waals surface area contributed by atoms with Crippen molar-refractivity contribution < 1.29 is 0 Å². The molecule has 22 heavy (non-hydrogen) atoms. The largest absolute Gasteiger partial charge is 0.368 e. The Hall–Kier alpha value is -2.40. The number of aromatic nitrogens is 4. The minimum absolute atomic E-state index is 0.184. The van der Waals surface area contributed by atoms with Gasteiger partial charge in [0.05, 0.1) is 11.3 Å². The van der Waals surface area contributed by atoms with Crippen molar-refractivity contribution in [2.24, 2.45) is 0 Å². The van der Waals surface area contributed by atoms with Crippen molar-refractivity contribution in [1.82, 2.24) is 19.9 Å². The van der Waals surface area contributed by atoms with Gasteiger partial charge in [-0.3, -0.25) is 0 Å². The third kappa shape index (κ3) is 3.62. The quantitative estimate of drug-likeness (QED) is 0.850. The minimum atomic E-state index is 0.184. The average molecular weight is 315 g/mol. The van der Waals surface area contributed by atoms with Crippen molar-refractivity contribution in [3.63, 3.8) is 0 Å². The second kappa shape index (κ2) is 6.58. The van der Waals surface area contributed by atoms with Crippen LogP contribution in [0.25, 0.3) is 0 Å². The number of nitrogens with zero attached hydrogens (tertiary/aromatic N) is 6. The van der Waals surface area contributed by atoms with Gasteiger partial charge in [0, 0.05) is 19.8 Å². The van der Waals surface area contributed by atoms with E-state index in [1.54, 1.807) is 4.90 Å². The molecule has 2 aromatic rings. The molecule has 0 aliphatic heterocycles. The van der Waals surface area contributed by atoms with Gasteiger partial charge < -0.3 is 10.6 Å².